The van der Waals surface area contributed by atoms with Crippen LogP contribution in [0.5, 0.6) is 0 Å². The summed E-state index contributed by atoms with van der Waals surface area (Å²) in [6.45, 7) is 9.90. The van der Waals surface area contributed by atoms with Crippen molar-refractivity contribution < 1.29 is 34.2 Å². The summed E-state index contributed by atoms with van der Waals surface area (Å²) in [5, 5.41) is 28.0. The van der Waals surface area contributed by atoms with Gasteiger partial charge < -0.3 is 19.8 Å². The first kappa shape index (κ1) is 30.1. The van der Waals surface area contributed by atoms with E-state index < -0.39 is 35.7 Å². The Morgan fingerprint density at radius 1 is 0.656 bits per heavy atom. The van der Waals surface area contributed by atoms with Gasteiger partial charge in [0, 0.05) is 25.7 Å². The molecule has 0 rings (SSSR count). The molecule has 3 atom stereocenters. The summed E-state index contributed by atoms with van der Waals surface area (Å²) in [7, 11) is 0. The van der Waals surface area contributed by atoms with Gasteiger partial charge in [0.1, 0.15) is 0 Å². The van der Waals surface area contributed by atoms with Crippen LogP contribution >= 0.6 is 0 Å². The number of quaternary nitrogens is 1. The van der Waals surface area contributed by atoms with Gasteiger partial charge in [0.05, 0.1) is 43.9 Å². The van der Waals surface area contributed by atoms with Crippen LogP contribution < -0.4 is 0 Å². The molecule has 0 aromatic heterocycles. The molecule has 0 aliphatic heterocycles. The van der Waals surface area contributed by atoms with Crippen molar-refractivity contribution in [3.63, 3.8) is 0 Å². The first-order valence-corrected chi connectivity index (χ1v) is 12.2. The van der Waals surface area contributed by atoms with Crippen molar-refractivity contribution in [1.82, 2.24) is 0 Å². The van der Waals surface area contributed by atoms with Crippen molar-refractivity contribution >= 4 is 17.9 Å². The highest BCUT2D eigenvalue weighted by Crippen LogP contribution is 2.21. The molecule has 32 heavy (non-hydrogen) atoms. The highest BCUT2D eigenvalue weighted by Gasteiger charge is 2.31. The van der Waals surface area contributed by atoms with Gasteiger partial charge in [-0.25, -0.2) is 0 Å². The van der Waals surface area contributed by atoms with Crippen molar-refractivity contribution in [2.45, 2.75) is 85.5 Å². The van der Waals surface area contributed by atoms with Gasteiger partial charge in [-0.1, -0.05) is 52.7 Å². The number of carboxylic acid groups (broad SMARTS) is 3. The Morgan fingerprint density at radius 2 is 1.03 bits per heavy atom. The fourth-order valence-corrected chi connectivity index (χ4v) is 3.74. The molecule has 7 nitrogen and oxygen atoms in total. The van der Waals surface area contributed by atoms with Gasteiger partial charge in [-0.2, -0.15) is 0 Å². The minimum absolute atomic E-state index is 0.486. The topological polar surface area (TPSA) is 112 Å². The normalized spacial score (nSPS) is 16.4. The summed E-state index contributed by atoms with van der Waals surface area (Å²) in [6, 6.07) is 0. The molecule has 0 saturated heterocycles. The lowest BCUT2D eigenvalue weighted by molar-refractivity contribution is -0.929. The van der Waals surface area contributed by atoms with E-state index in [2.05, 4.69) is 19.1 Å². The van der Waals surface area contributed by atoms with Crippen LogP contribution in [-0.4, -0.2) is 63.9 Å². The summed E-state index contributed by atoms with van der Waals surface area (Å²) >= 11 is 0. The third-order valence-electron chi connectivity index (χ3n) is 6.52. The number of hydrogen-bond donors (Lipinski definition) is 3. The molecule has 3 N–H and O–H groups in total. The predicted octanol–water partition coefficient (Wildman–Crippen LogP) is 5.05. The maximum absolute atomic E-state index is 11.4. The Morgan fingerprint density at radius 3 is 1.38 bits per heavy atom. The Kier molecular flexibility index (Phi) is 15.7. The van der Waals surface area contributed by atoms with Gasteiger partial charge in [0.2, 0.25) is 0 Å². The fourth-order valence-electron chi connectivity index (χ4n) is 3.74. The highest BCUT2D eigenvalue weighted by molar-refractivity contribution is 5.70. The predicted molar refractivity (Wildman–Crippen MR) is 126 cm³/mol. The van der Waals surface area contributed by atoms with Crippen LogP contribution in [0.2, 0.25) is 0 Å². The zero-order valence-electron chi connectivity index (χ0n) is 20.6. The molecule has 0 fully saturated rings. The summed E-state index contributed by atoms with van der Waals surface area (Å²) in [5.74, 6) is -3.97. The van der Waals surface area contributed by atoms with Crippen LogP contribution in [0, 0.1) is 17.8 Å². The molecule has 0 saturated carbocycles. The second kappa shape index (κ2) is 16.7. The number of nitrogens with zero attached hydrogens (tertiary/aromatic N) is 1. The van der Waals surface area contributed by atoms with Gasteiger partial charge in [0.15, 0.2) is 0 Å². The number of aliphatic carboxylic acids is 3. The van der Waals surface area contributed by atoms with Gasteiger partial charge in [-0.3, -0.25) is 14.4 Å². The fraction of sp³-hybridized carbons (Fsp3) is 0.800. The lowest BCUT2D eigenvalue weighted by atomic mass is 10.0. The number of carbonyl (C=O) groups is 3. The van der Waals surface area contributed by atoms with Crippen LogP contribution in [0.25, 0.3) is 0 Å². The molecule has 3 unspecified atom stereocenters. The zero-order valence-corrected chi connectivity index (χ0v) is 20.6. The first-order valence-electron chi connectivity index (χ1n) is 12.2. The zero-order chi connectivity index (χ0) is 24.6. The van der Waals surface area contributed by atoms with E-state index in [-0.39, 0.29) is 0 Å². The van der Waals surface area contributed by atoms with Crippen LogP contribution in [0.3, 0.4) is 0 Å². The van der Waals surface area contributed by atoms with E-state index in [1.807, 2.05) is 0 Å². The molecular weight excluding hydrogens is 410 g/mol. The maximum Gasteiger partial charge on any atom is 0.306 e. The van der Waals surface area contributed by atoms with E-state index in [4.69, 9.17) is 0 Å². The summed E-state index contributed by atoms with van der Waals surface area (Å²) in [4.78, 5) is 34.1. The van der Waals surface area contributed by atoms with E-state index >= 15 is 0 Å². The molecule has 0 radical (unpaired) electrons. The number of rotatable bonds is 20. The average Bonchev–Trinajstić information content (AvgIpc) is 2.75. The molecule has 0 heterocycles. The number of hydrogen-bond acceptors (Lipinski definition) is 3. The first-order chi connectivity index (χ1) is 15.0. The molecule has 7 heteroatoms. The van der Waals surface area contributed by atoms with E-state index in [9.17, 15) is 29.7 Å². The van der Waals surface area contributed by atoms with Crippen LogP contribution in [-0.2, 0) is 14.4 Å². The van der Waals surface area contributed by atoms with Crippen LogP contribution in [0.15, 0.2) is 12.2 Å². The van der Waals surface area contributed by atoms with E-state index in [0.717, 1.165) is 25.8 Å². The SMILES string of the molecule is CCCCC/C=C/CCC[N+](CCC(C)C(=O)O)(CCC(C)C(=O)O)CCC(C)C(=O)O. The van der Waals surface area contributed by atoms with Gasteiger partial charge in [-0.15, -0.1) is 0 Å². The molecule has 0 aliphatic rings. The molecule has 186 valence electrons. The van der Waals surface area contributed by atoms with Crippen molar-refractivity contribution in [2.75, 3.05) is 26.2 Å². The average molecular weight is 457 g/mol. The molecule has 0 aromatic carbocycles. The Bertz CT molecular complexity index is 529. The third-order valence-corrected chi connectivity index (χ3v) is 6.52. The monoisotopic (exact) mass is 456 g/mol. The minimum Gasteiger partial charge on any atom is -0.481 e. The van der Waals surface area contributed by atoms with Crippen molar-refractivity contribution in [1.29, 1.82) is 0 Å². The van der Waals surface area contributed by atoms with Crippen molar-refractivity contribution in [3.8, 4) is 0 Å². The summed E-state index contributed by atoms with van der Waals surface area (Å²) in [6.07, 6.45) is 12.4. The van der Waals surface area contributed by atoms with E-state index in [0.29, 0.717) is 43.4 Å². The molecule has 0 amide bonds. The van der Waals surface area contributed by atoms with E-state index in [1.54, 1.807) is 20.8 Å². The van der Waals surface area contributed by atoms with Gasteiger partial charge >= 0.3 is 17.9 Å². The standard InChI is InChI=1S/C25H45NO6/c1-5-6-7-8-9-10-11-12-16-26(17-13-20(2)23(27)28,18-14-21(3)24(29)30)19-15-22(4)25(31)32/h9-10,20-22H,5-8,11-19H2,1-4H3,(H2-,27,28,29,30,31,32)/p+1/b10-9+. The van der Waals surface area contributed by atoms with Crippen LogP contribution in [0.4, 0.5) is 0 Å². The molecule has 0 aliphatic carbocycles. The highest BCUT2D eigenvalue weighted by atomic mass is 16.4. The largest absolute Gasteiger partial charge is 0.481 e. The molecule has 0 aromatic rings. The number of allylic oxidation sites excluding steroid dienone is 2. The molecule has 0 bridgehead atoms. The minimum atomic E-state index is -0.837. The third kappa shape index (κ3) is 13.5. The number of unbranched alkanes of at least 4 members (excludes halogenated alkanes) is 4. The summed E-state index contributed by atoms with van der Waals surface area (Å²) < 4.78 is 0.580. The maximum atomic E-state index is 11.4. The molecular formula is C25H46NO6+. The quantitative estimate of drug-likeness (QED) is 0.134. The van der Waals surface area contributed by atoms with Gasteiger partial charge in [-0.05, 0) is 19.3 Å². The van der Waals surface area contributed by atoms with Crippen molar-refractivity contribution in [3.05, 3.63) is 12.2 Å². The lowest BCUT2D eigenvalue weighted by Crippen LogP contribution is -2.52. The van der Waals surface area contributed by atoms with Crippen LogP contribution in [0.1, 0.15) is 85.5 Å². The second-order valence-electron chi connectivity index (χ2n) is 9.43. The van der Waals surface area contributed by atoms with Crippen molar-refractivity contribution in [2.24, 2.45) is 17.8 Å². The summed E-state index contributed by atoms with van der Waals surface area (Å²) in [5.41, 5.74) is 0. The lowest BCUT2D eigenvalue weighted by Gasteiger charge is -2.40. The Balaban J connectivity index is 5.30. The number of carboxylic acids is 3. The molecule has 0 spiro atoms. The van der Waals surface area contributed by atoms with Gasteiger partial charge in [0.25, 0.3) is 0 Å². The van der Waals surface area contributed by atoms with E-state index in [1.165, 1.54) is 19.3 Å². The smallest absolute Gasteiger partial charge is 0.306 e. The Labute approximate surface area is 194 Å². The Hall–Kier alpha value is -1.89. The second-order valence-corrected chi connectivity index (χ2v) is 9.43.